The van der Waals surface area contributed by atoms with E-state index in [1.807, 2.05) is 16.4 Å². The van der Waals surface area contributed by atoms with Gasteiger partial charge in [-0.15, -0.1) is 0 Å². The summed E-state index contributed by atoms with van der Waals surface area (Å²) in [7, 11) is 0. The smallest absolute Gasteiger partial charge is 0.352 e. The number of imidazole rings is 1. The van der Waals surface area contributed by atoms with E-state index >= 15 is 0 Å². The van der Waals surface area contributed by atoms with Crippen LogP contribution in [0, 0.1) is 0 Å². The maximum Gasteiger partial charge on any atom is 0.406 e. The quantitative estimate of drug-likeness (QED) is 0.771. The largest absolute Gasteiger partial charge is 0.406 e. The summed E-state index contributed by atoms with van der Waals surface area (Å²) in [5.74, 6) is 0.338. The first kappa shape index (κ1) is 18.9. The molecule has 0 radical (unpaired) electrons. The van der Waals surface area contributed by atoms with Crippen LogP contribution in [-0.2, 0) is 11.3 Å². The van der Waals surface area contributed by atoms with Gasteiger partial charge in [-0.05, 0) is 13.3 Å². The van der Waals surface area contributed by atoms with Crippen LogP contribution in [0.4, 0.5) is 19.0 Å². The molecule has 1 atom stereocenters. The van der Waals surface area contributed by atoms with Gasteiger partial charge in [0.05, 0.1) is 12.4 Å². The Kier molecular flexibility index (Phi) is 4.86. The van der Waals surface area contributed by atoms with Gasteiger partial charge < -0.3 is 14.4 Å². The Hall–Kier alpha value is -2.43. The second-order valence-electron chi connectivity index (χ2n) is 7.10. The Labute approximate surface area is 159 Å². The van der Waals surface area contributed by atoms with Crippen molar-refractivity contribution in [2.24, 2.45) is 0 Å². The highest BCUT2D eigenvalue weighted by molar-refractivity contribution is 5.84. The molecule has 0 saturated carbocycles. The van der Waals surface area contributed by atoms with Gasteiger partial charge in [0.25, 0.3) is 0 Å². The number of piperazine rings is 1. The Bertz CT molecular complexity index is 860. The average Bonchev–Trinajstić information content (AvgIpc) is 3.24. The lowest BCUT2D eigenvalue weighted by Gasteiger charge is -2.37. The molecular weight excluding hydrogens is 375 g/mol. The predicted octanol–water partition coefficient (Wildman–Crippen LogP) is 1.13. The van der Waals surface area contributed by atoms with E-state index < -0.39 is 24.7 Å². The molecule has 2 aromatic heterocycles. The second-order valence-corrected chi connectivity index (χ2v) is 7.10. The van der Waals surface area contributed by atoms with Crippen molar-refractivity contribution in [2.75, 3.05) is 44.2 Å². The van der Waals surface area contributed by atoms with Crippen molar-refractivity contribution < 1.29 is 18.0 Å². The Morgan fingerprint density at radius 2 is 1.86 bits per heavy atom. The molecule has 8 nitrogen and oxygen atoms in total. The van der Waals surface area contributed by atoms with Gasteiger partial charge >= 0.3 is 6.18 Å². The Balaban J connectivity index is 1.42. The van der Waals surface area contributed by atoms with Gasteiger partial charge in [-0.25, -0.2) is 15.0 Å². The third kappa shape index (κ3) is 3.50. The molecule has 0 aromatic carbocycles. The fraction of sp³-hybridized carbons (Fsp3) is 0.647. The Morgan fingerprint density at radius 1 is 1.11 bits per heavy atom. The highest BCUT2D eigenvalue weighted by Gasteiger charge is 2.42. The molecule has 1 amide bonds. The summed E-state index contributed by atoms with van der Waals surface area (Å²) in [4.78, 5) is 30.5. The van der Waals surface area contributed by atoms with Crippen LogP contribution >= 0.6 is 0 Å². The average molecular weight is 397 g/mol. The number of hydrogen-bond acceptors (Lipinski definition) is 6. The lowest BCUT2D eigenvalue weighted by Crippen LogP contribution is -2.53. The molecule has 0 spiro atoms. The normalized spacial score (nSPS) is 21.9. The van der Waals surface area contributed by atoms with Gasteiger partial charge in [-0.3, -0.25) is 9.69 Å². The number of halogens is 3. The van der Waals surface area contributed by atoms with E-state index in [0.717, 1.165) is 28.4 Å². The molecule has 2 saturated heterocycles. The van der Waals surface area contributed by atoms with Crippen molar-refractivity contribution in [3.63, 3.8) is 0 Å². The van der Waals surface area contributed by atoms with E-state index in [2.05, 4.69) is 19.9 Å². The van der Waals surface area contributed by atoms with Crippen molar-refractivity contribution in [3.05, 3.63) is 12.7 Å². The highest BCUT2D eigenvalue weighted by Crippen LogP contribution is 2.26. The first-order valence-corrected chi connectivity index (χ1v) is 9.37. The number of nitrogens with zero attached hydrogens (tertiary/aromatic N) is 7. The Morgan fingerprint density at radius 3 is 2.54 bits per heavy atom. The van der Waals surface area contributed by atoms with Gasteiger partial charge in [0.1, 0.15) is 12.9 Å². The molecule has 11 heteroatoms. The van der Waals surface area contributed by atoms with Gasteiger partial charge in [0, 0.05) is 39.3 Å². The van der Waals surface area contributed by atoms with Crippen LogP contribution in [-0.4, -0.2) is 86.7 Å². The zero-order valence-electron chi connectivity index (χ0n) is 15.6. The number of amides is 1. The van der Waals surface area contributed by atoms with E-state index in [1.54, 1.807) is 6.33 Å². The van der Waals surface area contributed by atoms with Crippen LogP contribution in [0.1, 0.15) is 13.3 Å². The van der Waals surface area contributed by atoms with Gasteiger partial charge in [0.2, 0.25) is 5.91 Å². The highest BCUT2D eigenvalue weighted by atomic mass is 19.4. The summed E-state index contributed by atoms with van der Waals surface area (Å²) in [6.45, 7) is 4.22. The fourth-order valence-electron chi connectivity index (χ4n) is 4.01. The molecule has 1 unspecified atom stereocenters. The van der Waals surface area contributed by atoms with Gasteiger partial charge in [0.15, 0.2) is 17.0 Å². The molecule has 0 bridgehead atoms. The lowest BCUT2D eigenvalue weighted by atomic mass is 10.2. The third-order valence-electron chi connectivity index (χ3n) is 5.42. The van der Waals surface area contributed by atoms with Crippen molar-refractivity contribution in [2.45, 2.75) is 32.1 Å². The SMILES string of the molecule is CCn1cnc2c(N3CCN(C4CCN(CC(F)(F)F)C4=O)CC3)ncnc21. The number of carbonyl (C=O) groups is 1. The number of aromatic nitrogens is 4. The minimum atomic E-state index is -4.36. The minimum absolute atomic E-state index is 0.157. The molecule has 4 rings (SSSR count). The number of carbonyl (C=O) groups excluding carboxylic acids is 1. The summed E-state index contributed by atoms with van der Waals surface area (Å²) in [6.07, 6.45) is -0.657. The third-order valence-corrected chi connectivity index (χ3v) is 5.42. The van der Waals surface area contributed by atoms with E-state index in [4.69, 9.17) is 0 Å². The number of aryl methyl sites for hydroxylation is 1. The fourth-order valence-corrected chi connectivity index (χ4v) is 4.01. The zero-order valence-corrected chi connectivity index (χ0v) is 15.6. The number of anilines is 1. The van der Waals surface area contributed by atoms with E-state index in [1.165, 1.54) is 6.33 Å². The molecule has 152 valence electrons. The first-order chi connectivity index (χ1) is 13.4. The van der Waals surface area contributed by atoms with Crippen LogP contribution in [0.3, 0.4) is 0 Å². The van der Waals surface area contributed by atoms with Crippen LogP contribution in [0.15, 0.2) is 12.7 Å². The molecule has 2 aliphatic heterocycles. The summed E-state index contributed by atoms with van der Waals surface area (Å²) in [5, 5.41) is 0. The number of rotatable bonds is 4. The molecule has 2 fully saturated rings. The van der Waals surface area contributed by atoms with Crippen molar-refractivity contribution in [1.82, 2.24) is 29.3 Å². The first-order valence-electron chi connectivity index (χ1n) is 9.37. The molecule has 28 heavy (non-hydrogen) atoms. The standard InChI is InChI=1S/C17H22F3N7O/c1-2-24-11-23-13-14(24)21-10-22-15(13)26-7-5-25(6-8-26)12-3-4-27(16(12)28)9-17(18,19)20/h10-12H,2-9H2,1H3. The maximum absolute atomic E-state index is 12.6. The number of fused-ring (bicyclic) bond motifs is 1. The molecule has 0 aliphatic carbocycles. The molecule has 0 N–H and O–H groups in total. The minimum Gasteiger partial charge on any atom is -0.352 e. The zero-order chi connectivity index (χ0) is 19.9. The topological polar surface area (TPSA) is 70.4 Å². The molecule has 2 aromatic rings. The summed E-state index contributed by atoms with van der Waals surface area (Å²) < 4.78 is 39.8. The van der Waals surface area contributed by atoms with E-state index in [0.29, 0.717) is 32.6 Å². The van der Waals surface area contributed by atoms with E-state index in [-0.39, 0.29) is 6.54 Å². The summed E-state index contributed by atoms with van der Waals surface area (Å²) >= 11 is 0. The van der Waals surface area contributed by atoms with Crippen LogP contribution < -0.4 is 4.90 Å². The molecular formula is C17H22F3N7O. The van der Waals surface area contributed by atoms with Crippen molar-refractivity contribution in [3.8, 4) is 0 Å². The van der Waals surface area contributed by atoms with Crippen LogP contribution in [0.5, 0.6) is 0 Å². The predicted molar refractivity (Wildman–Crippen MR) is 95.8 cm³/mol. The van der Waals surface area contributed by atoms with Crippen molar-refractivity contribution in [1.29, 1.82) is 0 Å². The number of alkyl halides is 3. The number of likely N-dealkylation sites (tertiary alicyclic amines) is 1. The van der Waals surface area contributed by atoms with Gasteiger partial charge in [-0.2, -0.15) is 13.2 Å². The van der Waals surface area contributed by atoms with E-state index in [9.17, 15) is 18.0 Å². The lowest BCUT2D eigenvalue weighted by molar-refractivity contribution is -0.159. The van der Waals surface area contributed by atoms with Crippen molar-refractivity contribution >= 4 is 22.9 Å². The number of hydrogen-bond donors (Lipinski definition) is 0. The van der Waals surface area contributed by atoms with Gasteiger partial charge in [-0.1, -0.05) is 0 Å². The second kappa shape index (κ2) is 7.19. The van der Waals surface area contributed by atoms with Crippen LogP contribution in [0.2, 0.25) is 0 Å². The summed E-state index contributed by atoms with van der Waals surface area (Å²) in [6, 6.07) is -0.464. The monoisotopic (exact) mass is 397 g/mol. The molecule has 2 aliphatic rings. The molecule has 4 heterocycles. The van der Waals surface area contributed by atoms with Crippen LogP contribution in [0.25, 0.3) is 11.2 Å². The summed E-state index contributed by atoms with van der Waals surface area (Å²) in [5.41, 5.74) is 1.52. The maximum atomic E-state index is 12.6.